The molecule has 244 valence electrons. The van der Waals surface area contributed by atoms with Gasteiger partial charge in [-0.05, 0) is 49.4 Å². The number of aliphatic carboxylic acids is 1. The van der Waals surface area contributed by atoms with Gasteiger partial charge in [0.05, 0.1) is 12.4 Å². The van der Waals surface area contributed by atoms with E-state index >= 15 is 0 Å². The third-order valence-electron chi connectivity index (χ3n) is 7.81. The van der Waals surface area contributed by atoms with Gasteiger partial charge in [0, 0.05) is 31.3 Å². The fraction of sp³-hybridized carbons (Fsp3) is 0.375. The molecule has 2 heterocycles. The number of phenols is 1. The van der Waals surface area contributed by atoms with Crippen molar-refractivity contribution in [2.45, 2.75) is 69.2 Å². The second-order valence-electron chi connectivity index (χ2n) is 11.3. The zero-order chi connectivity index (χ0) is 33.2. The van der Waals surface area contributed by atoms with Gasteiger partial charge in [0.25, 0.3) is 0 Å². The Hall–Kier alpha value is -5.24. The average Bonchev–Trinajstić information content (AvgIpc) is 3.74. The van der Waals surface area contributed by atoms with E-state index in [1.165, 1.54) is 36.5 Å². The molecule has 5 atom stereocenters. The highest BCUT2D eigenvalue weighted by molar-refractivity contribution is 5.95. The minimum atomic E-state index is -1.15. The van der Waals surface area contributed by atoms with Crippen LogP contribution in [0.1, 0.15) is 36.6 Å². The second kappa shape index (κ2) is 15.7. The maximum absolute atomic E-state index is 13.8. The van der Waals surface area contributed by atoms with Gasteiger partial charge in [0.1, 0.15) is 29.9 Å². The number of nitrogens with one attached hydrogen (secondary N) is 4. The number of imidazole rings is 1. The molecule has 4 amide bonds. The number of likely N-dealkylation sites (tertiary alicyclic amines) is 1. The number of phenolic OH excluding ortho intramolecular Hbond substituents is 1. The van der Waals surface area contributed by atoms with Crippen LogP contribution >= 0.6 is 0 Å². The number of aromatic hydroxyl groups is 1. The van der Waals surface area contributed by atoms with Crippen LogP contribution in [0.15, 0.2) is 67.1 Å². The molecule has 0 radical (unpaired) electrons. The van der Waals surface area contributed by atoms with Crippen molar-refractivity contribution in [1.82, 2.24) is 30.8 Å². The Morgan fingerprint density at radius 3 is 2.24 bits per heavy atom. The lowest BCUT2D eigenvalue weighted by Crippen LogP contribution is -2.59. The third kappa shape index (κ3) is 9.14. The first-order chi connectivity index (χ1) is 22.0. The van der Waals surface area contributed by atoms with E-state index in [9.17, 15) is 34.2 Å². The molecule has 1 aliphatic heterocycles. The Morgan fingerprint density at radius 2 is 1.59 bits per heavy atom. The van der Waals surface area contributed by atoms with Crippen molar-refractivity contribution in [3.8, 4) is 5.75 Å². The molecule has 1 aromatic heterocycles. The van der Waals surface area contributed by atoms with Crippen LogP contribution in [0.4, 0.5) is 0 Å². The van der Waals surface area contributed by atoms with Crippen molar-refractivity contribution in [1.29, 1.82) is 0 Å². The first-order valence-electron chi connectivity index (χ1n) is 15.0. The summed E-state index contributed by atoms with van der Waals surface area (Å²) in [5.74, 6) is -3.49. The molecule has 1 fully saturated rings. The summed E-state index contributed by atoms with van der Waals surface area (Å²) in [7, 11) is 0. The highest BCUT2D eigenvalue weighted by Crippen LogP contribution is 2.20. The fourth-order valence-electron chi connectivity index (χ4n) is 5.30. The van der Waals surface area contributed by atoms with Crippen molar-refractivity contribution >= 4 is 29.6 Å². The van der Waals surface area contributed by atoms with E-state index in [1.807, 2.05) is 6.07 Å². The third-order valence-corrected chi connectivity index (χ3v) is 7.81. The van der Waals surface area contributed by atoms with Crippen LogP contribution in [0.2, 0.25) is 0 Å². The number of aromatic nitrogens is 2. The summed E-state index contributed by atoms with van der Waals surface area (Å²) in [4.78, 5) is 73.4. The van der Waals surface area contributed by atoms with Crippen LogP contribution in [0.25, 0.3) is 0 Å². The molecule has 0 bridgehead atoms. The molecule has 0 saturated carbocycles. The van der Waals surface area contributed by atoms with Gasteiger partial charge in [0.2, 0.25) is 23.6 Å². The molecule has 2 aromatic carbocycles. The number of hydrogen-bond acceptors (Lipinski definition) is 8. The normalized spacial score (nSPS) is 16.9. The fourth-order valence-corrected chi connectivity index (χ4v) is 5.30. The number of amides is 4. The zero-order valence-corrected chi connectivity index (χ0v) is 25.4. The molecular formula is C32H39N7O7. The van der Waals surface area contributed by atoms with E-state index in [1.54, 1.807) is 36.4 Å². The number of carbonyl (C=O) groups is 5. The number of rotatable bonds is 14. The zero-order valence-electron chi connectivity index (χ0n) is 25.4. The standard InChI is InChI=1S/C32H39N7O7/c1-19(36-29(42)24(33)14-21-9-11-23(40)12-10-21)28(41)37-25(15-20-6-3-2-4-7-20)30(43)38-26(16-22-17-34-18-35-22)31(44)39-13-5-8-27(39)32(45)46/h2-4,6-7,9-12,17-19,24-27,40H,5,8,13-16,33H2,1H3,(H,34,35)(H,36,42)(H,37,41)(H,38,43)(H,45,46). The van der Waals surface area contributed by atoms with Crippen molar-refractivity contribution < 1.29 is 34.2 Å². The minimum Gasteiger partial charge on any atom is -0.508 e. The summed E-state index contributed by atoms with van der Waals surface area (Å²) in [6, 6.07) is 9.88. The van der Waals surface area contributed by atoms with Gasteiger partial charge in [-0.1, -0.05) is 42.5 Å². The summed E-state index contributed by atoms with van der Waals surface area (Å²) in [5.41, 5.74) is 8.06. The summed E-state index contributed by atoms with van der Waals surface area (Å²) >= 11 is 0. The number of hydrogen-bond donors (Lipinski definition) is 7. The summed E-state index contributed by atoms with van der Waals surface area (Å²) in [5, 5.41) is 27.1. The lowest BCUT2D eigenvalue weighted by Gasteiger charge is -2.29. The SMILES string of the molecule is CC(NC(=O)C(N)Cc1ccc(O)cc1)C(=O)NC(Cc1ccccc1)C(=O)NC(Cc1cnc[nH]1)C(=O)N1CCCC1C(=O)O. The quantitative estimate of drug-likeness (QED) is 0.127. The van der Waals surface area contributed by atoms with Crippen LogP contribution < -0.4 is 21.7 Å². The Bertz CT molecular complexity index is 1500. The maximum Gasteiger partial charge on any atom is 0.326 e. The van der Waals surface area contributed by atoms with E-state index < -0.39 is 59.8 Å². The van der Waals surface area contributed by atoms with Crippen molar-refractivity contribution in [2.75, 3.05) is 6.54 Å². The lowest BCUT2D eigenvalue weighted by atomic mass is 10.0. The van der Waals surface area contributed by atoms with Gasteiger partial charge in [-0.15, -0.1) is 0 Å². The van der Waals surface area contributed by atoms with E-state index in [0.29, 0.717) is 18.5 Å². The molecule has 4 rings (SSSR count). The van der Waals surface area contributed by atoms with E-state index in [4.69, 9.17) is 5.73 Å². The topological polar surface area (TPSA) is 220 Å². The number of aromatic amines is 1. The maximum atomic E-state index is 13.8. The van der Waals surface area contributed by atoms with E-state index in [2.05, 4.69) is 25.9 Å². The summed E-state index contributed by atoms with van der Waals surface area (Å²) in [6.07, 6.45) is 4.02. The van der Waals surface area contributed by atoms with Crippen molar-refractivity contribution in [3.63, 3.8) is 0 Å². The Kier molecular flexibility index (Phi) is 11.5. The number of carbonyl (C=O) groups excluding carboxylic acids is 4. The number of nitrogens with two attached hydrogens (primary N) is 1. The number of carboxylic acids is 1. The molecule has 0 aliphatic carbocycles. The number of H-pyrrole nitrogens is 1. The minimum absolute atomic E-state index is 0.0186. The molecule has 0 spiro atoms. The summed E-state index contributed by atoms with van der Waals surface area (Å²) < 4.78 is 0. The molecule has 46 heavy (non-hydrogen) atoms. The molecule has 5 unspecified atom stereocenters. The van der Waals surface area contributed by atoms with Crippen LogP contribution in [-0.4, -0.2) is 91.4 Å². The summed E-state index contributed by atoms with van der Waals surface area (Å²) in [6.45, 7) is 1.70. The van der Waals surface area contributed by atoms with Gasteiger partial charge < -0.3 is 41.8 Å². The van der Waals surface area contributed by atoms with Gasteiger partial charge in [0.15, 0.2) is 0 Å². The Labute approximate surface area is 265 Å². The van der Waals surface area contributed by atoms with Crippen molar-refractivity contribution in [2.24, 2.45) is 5.73 Å². The largest absolute Gasteiger partial charge is 0.508 e. The van der Waals surface area contributed by atoms with Crippen LogP contribution in [0, 0.1) is 0 Å². The molecule has 1 aliphatic rings. The van der Waals surface area contributed by atoms with Crippen LogP contribution in [0.5, 0.6) is 5.75 Å². The van der Waals surface area contributed by atoms with Crippen LogP contribution in [0.3, 0.4) is 0 Å². The Balaban J connectivity index is 1.47. The highest BCUT2D eigenvalue weighted by Gasteiger charge is 2.38. The molecule has 8 N–H and O–H groups in total. The molecule has 3 aromatic rings. The average molecular weight is 634 g/mol. The van der Waals surface area contributed by atoms with E-state index in [-0.39, 0.29) is 31.6 Å². The Morgan fingerprint density at radius 1 is 0.913 bits per heavy atom. The molecular weight excluding hydrogens is 594 g/mol. The monoisotopic (exact) mass is 633 g/mol. The second-order valence-corrected chi connectivity index (χ2v) is 11.3. The molecule has 14 nitrogen and oxygen atoms in total. The van der Waals surface area contributed by atoms with E-state index in [0.717, 1.165) is 11.1 Å². The van der Waals surface area contributed by atoms with Crippen molar-refractivity contribution in [3.05, 3.63) is 83.9 Å². The lowest BCUT2D eigenvalue weighted by molar-refractivity contribution is -0.149. The first-order valence-corrected chi connectivity index (χ1v) is 15.0. The number of carboxylic acid groups (broad SMARTS) is 1. The smallest absolute Gasteiger partial charge is 0.326 e. The van der Waals surface area contributed by atoms with Gasteiger partial charge >= 0.3 is 5.97 Å². The molecule has 1 saturated heterocycles. The van der Waals surface area contributed by atoms with Gasteiger partial charge in [-0.25, -0.2) is 9.78 Å². The predicted molar refractivity (Wildman–Crippen MR) is 166 cm³/mol. The highest BCUT2D eigenvalue weighted by atomic mass is 16.4. The number of benzene rings is 2. The van der Waals surface area contributed by atoms with Gasteiger partial charge in [-0.2, -0.15) is 0 Å². The number of nitrogens with zero attached hydrogens (tertiary/aromatic N) is 2. The van der Waals surface area contributed by atoms with Crippen LogP contribution in [-0.2, 0) is 43.2 Å². The first kappa shape index (κ1) is 33.6. The predicted octanol–water partition coefficient (Wildman–Crippen LogP) is 0.0204. The van der Waals surface area contributed by atoms with Gasteiger partial charge in [-0.3, -0.25) is 19.2 Å². The molecule has 14 heteroatoms.